The summed E-state index contributed by atoms with van der Waals surface area (Å²) in [7, 11) is 1.61. The van der Waals surface area contributed by atoms with Crippen molar-refractivity contribution >= 4 is 5.69 Å². The van der Waals surface area contributed by atoms with Gasteiger partial charge in [0, 0.05) is 32.4 Å². The lowest BCUT2D eigenvalue weighted by molar-refractivity contribution is 0.203. The Morgan fingerprint density at radius 2 is 2.12 bits per heavy atom. The molecular formula is C12H19FN2O2. The molecule has 0 aliphatic heterocycles. The summed E-state index contributed by atoms with van der Waals surface area (Å²) < 4.78 is 18.3. The van der Waals surface area contributed by atoms with E-state index in [2.05, 4.69) is 0 Å². The molecule has 0 amide bonds. The van der Waals surface area contributed by atoms with Gasteiger partial charge < -0.3 is 20.5 Å². The summed E-state index contributed by atoms with van der Waals surface area (Å²) in [6, 6.07) is 4.68. The summed E-state index contributed by atoms with van der Waals surface area (Å²) >= 11 is 0. The molecule has 17 heavy (non-hydrogen) atoms. The van der Waals surface area contributed by atoms with E-state index in [0.29, 0.717) is 26.2 Å². The van der Waals surface area contributed by atoms with Crippen LogP contribution < -0.4 is 10.6 Å². The van der Waals surface area contributed by atoms with Gasteiger partial charge in [-0.1, -0.05) is 0 Å². The van der Waals surface area contributed by atoms with Crippen LogP contribution in [0.15, 0.2) is 18.2 Å². The average molecular weight is 242 g/mol. The Balaban J connectivity index is 2.87. The minimum Gasteiger partial charge on any atom is -0.395 e. The van der Waals surface area contributed by atoms with Crippen LogP contribution in [0.3, 0.4) is 0 Å². The molecular weight excluding hydrogens is 223 g/mol. The van der Waals surface area contributed by atoms with Gasteiger partial charge in [0.1, 0.15) is 5.82 Å². The number of anilines is 1. The van der Waals surface area contributed by atoms with Gasteiger partial charge in [-0.2, -0.15) is 0 Å². The van der Waals surface area contributed by atoms with Crippen molar-refractivity contribution in [3.8, 4) is 0 Å². The van der Waals surface area contributed by atoms with Gasteiger partial charge in [0.2, 0.25) is 0 Å². The first kappa shape index (κ1) is 13.9. The molecule has 5 heteroatoms. The van der Waals surface area contributed by atoms with E-state index in [1.165, 1.54) is 12.1 Å². The van der Waals surface area contributed by atoms with Gasteiger partial charge in [-0.15, -0.1) is 0 Å². The standard InChI is InChI=1S/C12H19FN2O2/c1-17-5-3-15(2-4-16)12-7-10(9-14)6-11(13)8-12/h6-8,16H,2-5,9,14H2,1H3. The van der Waals surface area contributed by atoms with Crippen molar-refractivity contribution in [2.75, 3.05) is 38.3 Å². The molecule has 0 aliphatic rings. The second-order valence-corrected chi connectivity index (χ2v) is 3.73. The molecule has 0 aliphatic carbocycles. The number of hydrogen-bond acceptors (Lipinski definition) is 4. The maximum atomic E-state index is 13.4. The highest BCUT2D eigenvalue weighted by Crippen LogP contribution is 2.18. The summed E-state index contributed by atoms with van der Waals surface area (Å²) in [6.07, 6.45) is 0. The van der Waals surface area contributed by atoms with Crippen LogP contribution in [-0.4, -0.2) is 38.5 Å². The summed E-state index contributed by atoms with van der Waals surface area (Å²) in [5.41, 5.74) is 6.96. The predicted octanol–water partition coefficient (Wildman–Crippen LogP) is 0.730. The number of nitrogens with zero attached hydrogens (tertiary/aromatic N) is 1. The molecule has 3 N–H and O–H groups in total. The SMILES string of the molecule is COCCN(CCO)c1cc(F)cc(CN)c1. The third-order valence-corrected chi connectivity index (χ3v) is 2.48. The Morgan fingerprint density at radius 1 is 1.35 bits per heavy atom. The zero-order valence-electron chi connectivity index (χ0n) is 10.0. The van der Waals surface area contributed by atoms with Crippen molar-refractivity contribution < 1.29 is 14.2 Å². The molecule has 0 aromatic heterocycles. The van der Waals surface area contributed by atoms with Crippen molar-refractivity contribution in [3.63, 3.8) is 0 Å². The van der Waals surface area contributed by atoms with Crippen molar-refractivity contribution in [1.82, 2.24) is 0 Å². The second kappa shape index (κ2) is 7.21. The van der Waals surface area contributed by atoms with Crippen LogP contribution in [0.2, 0.25) is 0 Å². The molecule has 4 nitrogen and oxygen atoms in total. The van der Waals surface area contributed by atoms with Gasteiger partial charge in [0.25, 0.3) is 0 Å². The summed E-state index contributed by atoms with van der Waals surface area (Å²) in [4.78, 5) is 1.87. The highest BCUT2D eigenvalue weighted by molar-refractivity contribution is 5.49. The molecule has 0 saturated heterocycles. The van der Waals surface area contributed by atoms with Crippen molar-refractivity contribution in [3.05, 3.63) is 29.6 Å². The van der Waals surface area contributed by atoms with Crippen LogP contribution in [-0.2, 0) is 11.3 Å². The van der Waals surface area contributed by atoms with Crippen LogP contribution in [0.25, 0.3) is 0 Å². The maximum Gasteiger partial charge on any atom is 0.125 e. The van der Waals surface area contributed by atoms with E-state index in [9.17, 15) is 4.39 Å². The van der Waals surface area contributed by atoms with E-state index >= 15 is 0 Å². The molecule has 1 aromatic rings. The monoisotopic (exact) mass is 242 g/mol. The highest BCUT2D eigenvalue weighted by Gasteiger charge is 2.08. The van der Waals surface area contributed by atoms with Crippen LogP contribution >= 0.6 is 0 Å². The lowest BCUT2D eigenvalue weighted by atomic mass is 10.2. The minimum absolute atomic E-state index is 0.0121. The molecule has 1 rings (SSSR count). The summed E-state index contributed by atoms with van der Waals surface area (Å²) in [5, 5.41) is 8.99. The Bertz CT molecular complexity index is 347. The van der Waals surface area contributed by atoms with Crippen LogP contribution in [0.4, 0.5) is 10.1 Å². The highest BCUT2D eigenvalue weighted by atomic mass is 19.1. The number of hydrogen-bond donors (Lipinski definition) is 2. The zero-order valence-corrected chi connectivity index (χ0v) is 10.0. The number of halogens is 1. The molecule has 0 bridgehead atoms. The smallest absolute Gasteiger partial charge is 0.125 e. The van der Waals surface area contributed by atoms with Gasteiger partial charge in [0.15, 0.2) is 0 Å². The van der Waals surface area contributed by atoms with E-state index in [0.717, 1.165) is 11.3 Å². The van der Waals surface area contributed by atoms with Gasteiger partial charge in [-0.25, -0.2) is 4.39 Å². The quantitative estimate of drug-likeness (QED) is 0.740. The van der Waals surface area contributed by atoms with E-state index < -0.39 is 0 Å². The van der Waals surface area contributed by atoms with Crippen molar-refractivity contribution in [2.45, 2.75) is 6.54 Å². The fourth-order valence-electron chi connectivity index (χ4n) is 1.63. The topological polar surface area (TPSA) is 58.7 Å². The fourth-order valence-corrected chi connectivity index (χ4v) is 1.63. The number of ether oxygens (including phenoxy) is 1. The average Bonchev–Trinajstić information content (AvgIpc) is 2.33. The molecule has 0 saturated carbocycles. The zero-order chi connectivity index (χ0) is 12.7. The minimum atomic E-state index is -0.316. The number of methoxy groups -OCH3 is 1. The van der Waals surface area contributed by atoms with Crippen LogP contribution in [0.5, 0.6) is 0 Å². The van der Waals surface area contributed by atoms with E-state index in [1.807, 2.05) is 11.0 Å². The van der Waals surface area contributed by atoms with E-state index in [-0.39, 0.29) is 12.4 Å². The summed E-state index contributed by atoms with van der Waals surface area (Å²) in [5.74, 6) is -0.316. The Morgan fingerprint density at radius 3 is 2.71 bits per heavy atom. The Hall–Kier alpha value is -1.17. The molecule has 0 radical (unpaired) electrons. The Labute approximate surface area is 101 Å². The second-order valence-electron chi connectivity index (χ2n) is 3.73. The molecule has 0 atom stereocenters. The van der Waals surface area contributed by atoms with Gasteiger partial charge in [-0.05, 0) is 23.8 Å². The van der Waals surface area contributed by atoms with Gasteiger partial charge in [-0.3, -0.25) is 0 Å². The lowest BCUT2D eigenvalue weighted by Crippen LogP contribution is -2.30. The van der Waals surface area contributed by atoms with Crippen LogP contribution in [0, 0.1) is 5.82 Å². The Kier molecular flexibility index (Phi) is 5.90. The lowest BCUT2D eigenvalue weighted by Gasteiger charge is -2.24. The molecule has 96 valence electrons. The normalized spacial score (nSPS) is 10.6. The van der Waals surface area contributed by atoms with Crippen molar-refractivity contribution in [2.24, 2.45) is 5.73 Å². The molecule has 1 aromatic carbocycles. The fraction of sp³-hybridized carbons (Fsp3) is 0.500. The molecule has 0 fully saturated rings. The molecule has 0 heterocycles. The van der Waals surface area contributed by atoms with Gasteiger partial charge >= 0.3 is 0 Å². The predicted molar refractivity (Wildman–Crippen MR) is 65.5 cm³/mol. The number of benzene rings is 1. The maximum absolute atomic E-state index is 13.4. The van der Waals surface area contributed by atoms with Gasteiger partial charge in [0.05, 0.1) is 13.2 Å². The van der Waals surface area contributed by atoms with Crippen molar-refractivity contribution in [1.29, 1.82) is 0 Å². The third-order valence-electron chi connectivity index (χ3n) is 2.48. The molecule has 0 spiro atoms. The third kappa shape index (κ3) is 4.30. The largest absolute Gasteiger partial charge is 0.395 e. The number of aliphatic hydroxyl groups is 1. The number of aliphatic hydroxyl groups excluding tert-OH is 1. The first-order chi connectivity index (χ1) is 8.21. The van der Waals surface area contributed by atoms with E-state index in [1.54, 1.807) is 7.11 Å². The summed E-state index contributed by atoms with van der Waals surface area (Å²) in [6.45, 7) is 1.87. The first-order valence-corrected chi connectivity index (χ1v) is 5.55. The number of rotatable bonds is 7. The molecule has 0 unspecified atom stereocenters. The van der Waals surface area contributed by atoms with E-state index in [4.69, 9.17) is 15.6 Å². The first-order valence-electron chi connectivity index (χ1n) is 5.55. The number of nitrogens with two attached hydrogens (primary N) is 1. The van der Waals surface area contributed by atoms with Crippen LogP contribution in [0.1, 0.15) is 5.56 Å².